The van der Waals surface area contributed by atoms with Crippen molar-refractivity contribution in [2.75, 3.05) is 0 Å². The molecule has 1 aliphatic rings. The molecule has 0 spiro atoms. The molecule has 0 aliphatic carbocycles. The van der Waals surface area contributed by atoms with Crippen LogP contribution in [-0.4, -0.2) is 42.5 Å². The molecule has 1 heterocycles. The lowest BCUT2D eigenvalue weighted by Gasteiger charge is -2.30. The molecule has 0 amide bonds. The molecule has 2 aromatic rings. The fourth-order valence-electron chi connectivity index (χ4n) is 2.41. The van der Waals surface area contributed by atoms with Crippen LogP contribution in [0.2, 0.25) is 0 Å². The van der Waals surface area contributed by atoms with E-state index in [0.29, 0.717) is 0 Å². The smallest absolute Gasteiger partial charge is 0.203 e. The van der Waals surface area contributed by atoms with Crippen LogP contribution in [0.5, 0.6) is 34.5 Å². The molecule has 0 saturated heterocycles. The number of aromatic hydroxyl groups is 5. The highest BCUT2D eigenvalue weighted by molar-refractivity contribution is 6.06. The van der Waals surface area contributed by atoms with E-state index in [4.69, 9.17) is 4.74 Å². The summed E-state index contributed by atoms with van der Waals surface area (Å²) in [6.07, 6.45) is -2.95. The first-order chi connectivity index (χ1) is 10.8. The zero-order valence-electron chi connectivity index (χ0n) is 11.5. The summed E-state index contributed by atoms with van der Waals surface area (Å²) in [6.45, 7) is 0. The second kappa shape index (κ2) is 4.96. The van der Waals surface area contributed by atoms with Crippen LogP contribution in [0.15, 0.2) is 24.3 Å². The second-order valence-electron chi connectivity index (χ2n) is 5.06. The van der Waals surface area contributed by atoms with E-state index < -0.39 is 46.6 Å². The Labute approximate surface area is 129 Å². The molecule has 8 nitrogen and oxygen atoms in total. The quantitative estimate of drug-likeness (QED) is 0.424. The molecule has 23 heavy (non-hydrogen) atoms. The lowest BCUT2D eigenvalue weighted by molar-refractivity contribution is 0.0208. The van der Waals surface area contributed by atoms with Crippen LogP contribution in [0.25, 0.3) is 0 Å². The number of rotatable bonds is 1. The van der Waals surface area contributed by atoms with Gasteiger partial charge in [-0.25, -0.2) is 0 Å². The molecule has 0 aromatic heterocycles. The van der Waals surface area contributed by atoms with E-state index in [1.54, 1.807) is 0 Å². The molecule has 1 aliphatic heterocycles. The van der Waals surface area contributed by atoms with Crippen molar-refractivity contribution in [3.63, 3.8) is 0 Å². The van der Waals surface area contributed by atoms with Gasteiger partial charge in [0.2, 0.25) is 11.5 Å². The van der Waals surface area contributed by atoms with Crippen LogP contribution in [0.4, 0.5) is 0 Å². The number of hydrogen-bond donors (Lipinski definition) is 6. The van der Waals surface area contributed by atoms with Gasteiger partial charge >= 0.3 is 0 Å². The standard InChI is InChI=1S/C15H12O8/c16-6-2-1-5(3-7(6)17)15-14(22)13(21)10-9(23-15)4-8(18)11(19)12(10)20/h1-4,14-20,22H. The maximum atomic E-state index is 12.2. The first kappa shape index (κ1) is 14.8. The highest BCUT2D eigenvalue weighted by atomic mass is 16.5. The molecule has 0 fully saturated rings. The highest BCUT2D eigenvalue weighted by Crippen LogP contribution is 2.48. The molecule has 2 atom stereocenters. The summed E-state index contributed by atoms with van der Waals surface area (Å²) in [5, 5.41) is 57.7. The Bertz CT molecular complexity index is 814. The van der Waals surface area contributed by atoms with Gasteiger partial charge in [0.25, 0.3) is 0 Å². The average molecular weight is 320 g/mol. The Kier molecular flexibility index (Phi) is 3.19. The monoisotopic (exact) mass is 320 g/mol. The van der Waals surface area contributed by atoms with Crippen LogP contribution >= 0.6 is 0 Å². The number of benzene rings is 2. The average Bonchev–Trinajstić information content (AvgIpc) is 2.51. The topological polar surface area (TPSA) is 148 Å². The third kappa shape index (κ3) is 2.16. The molecule has 0 saturated carbocycles. The van der Waals surface area contributed by atoms with Crippen LogP contribution in [-0.2, 0) is 0 Å². The van der Waals surface area contributed by atoms with E-state index >= 15 is 0 Å². The number of ether oxygens (including phenoxy) is 1. The first-order valence-corrected chi connectivity index (χ1v) is 6.50. The molecule has 8 heteroatoms. The number of carbonyl (C=O) groups excluding carboxylic acids is 1. The summed E-state index contributed by atoms with van der Waals surface area (Å²) in [5.41, 5.74) is -0.258. The fourth-order valence-corrected chi connectivity index (χ4v) is 2.41. The molecule has 0 radical (unpaired) electrons. The predicted octanol–water partition coefficient (Wildman–Crippen LogP) is 0.892. The number of phenols is 5. The van der Waals surface area contributed by atoms with Crippen molar-refractivity contribution in [2.45, 2.75) is 12.2 Å². The number of phenolic OH excluding ortho intramolecular Hbond substituents is 5. The van der Waals surface area contributed by atoms with Crippen molar-refractivity contribution in [1.29, 1.82) is 0 Å². The number of fused-ring (bicyclic) bond motifs is 1. The summed E-state index contributed by atoms with van der Waals surface area (Å²) in [6, 6.07) is 4.54. The minimum Gasteiger partial charge on any atom is -0.504 e. The van der Waals surface area contributed by atoms with E-state index in [1.165, 1.54) is 6.07 Å². The van der Waals surface area contributed by atoms with Crippen molar-refractivity contribution in [3.8, 4) is 34.5 Å². The van der Waals surface area contributed by atoms with E-state index in [2.05, 4.69) is 0 Å². The Morgan fingerprint density at radius 1 is 0.870 bits per heavy atom. The van der Waals surface area contributed by atoms with Gasteiger partial charge < -0.3 is 35.4 Å². The Balaban J connectivity index is 2.11. The SMILES string of the molecule is O=C1c2c(cc(O)c(O)c2O)OC(c2ccc(O)c(O)c2)C1O. The van der Waals surface area contributed by atoms with Gasteiger partial charge in [-0.05, 0) is 17.7 Å². The molecular weight excluding hydrogens is 308 g/mol. The highest BCUT2D eigenvalue weighted by Gasteiger charge is 2.40. The number of carbonyl (C=O) groups is 1. The Hall–Kier alpha value is -3.13. The zero-order valence-corrected chi connectivity index (χ0v) is 11.5. The van der Waals surface area contributed by atoms with Gasteiger partial charge in [0.05, 0.1) is 0 Å². The maximum absolute atomic E-state index is 12.2. The fraction of sp³-hybridized carbons (Fsp3) is 0.133. The predicted molar refractivity (Wildman–Crippen MR) is 74.9 cm³/mol. The third-order valence-electron chi connectivity index (χ3n) is 3.60. The third-order valence-corrected chi connectivity index (χ3v) is 3.60. The van der Waals surface area contributed by atoms with Crippen LogP contribution < -0.4 is 4.74 Å². The first-order valence-electron chi connectivity index (χ1n) is 6.50. The molecule has 6 N–H and O–H groups in total. The summed E-state index contributed by atoms with van der Waals surface area (Å²) >= 11 is 0. The number of ketones is 1. The summed E-state index contributed by atoms with van der Waals surface area (Å²) in [7, 11) is 0. The zero-order chi connectivity index (χ0) is 16.9. The summed E-state index contributed by atoms with van der Waals surface area (Å²) < 4.78 is 5.42. The van der Waals surface area contributed by atoms with E-state index in [-0.39, 0.29) is 17.1 Å². The maximum Gasteiger partial charge on any atom is 0.203 e. The number of Topliss-reactive ketones (excluding diaryl/α,β-unsaturated/α-hetero) is 1. The summed E-state index contributed by atoms with van der Waals surface area (Å²) in [5.74, 6) is -4.48. The molecule has 2 aromatic carbocycles. The number of aliphatic hydroxyl groups excluding tert-OH is 1. The van der Waals surface area contributed by atoms with Gasteiger partial charge in [0.1, 0.15) is 11.3 Å². The molecule has 2 unspecified atom stereocenters. The molecule has 120 valence electrons. The molecular formula is C15H12O8. The van der Waals surface area contributed by atoms with Gasteiger partial charge in [0.15, 0.2) is 35.2 Å². The normalized spacial score (nSPS) is 20.0. The lowest BCUT2D eigenvalue weighted by atomic mass is 9.92. The summed E-state index contributed by atoms with van der Waals surface area (Å²) in [4.78, 5) is 12.2. The van der Waals surface area contributed by atoms with Crippen LogP contribution in [0, 0.1) is 0 Å². The van der Waals surface area contributed by atoms with E-state index in [1.807, 2.05) is 0 Å². The van der Waals surface area contributed by atoms with E-state index in [9.17, 15) is 35.4 Å². The number of hydrogen-bond acceptors (Lipinski definition) is 8. The van der Waals surface area contributed by atoms with Gasteiger partial charge in [-0.3, -0.25) is 4.79 Å². The van der Waals surface area contributed by atoms with E-state index in [0.717, 1.165) is 18.2 Å². The molecule has 3 rings (SSSR count). The van der Waals surface area contributed by atoms with Crippen LogP contribution in [0.3, 0.4) is 0 Å². The van der Waals surface area contributed by atoms with Gasteiger partial charge in [-0.15, -0.1) is 0 Å². The molecule has 0 bridgehead atoms. The number of aliphatic hydroxyl groups is 1. The lowest BCUT2D eigenvalue weighted by Crippen LogP contribution is -2.36. The van der Waals surface area contributed by atoms with Crippen molar-refractivity contribution < 1.29 is 40.2 Å². The van der Waals surface area contributed by atoms with Crippen molar-refractivity contribution in [1.82, 2.24) is 0 Å². The van der Waals surface area contributed by atoms with Crippen molar-refractivity contribution in [2.24, 2.45) is 0 Å². The van der Waals surface area contributed by atoms with Crippen LogP contribution in [0.1, 0.15) is 22.0 Å². The minimum atomic E-state index is -1.72. The Morgan fingerprint density at radius 3 is 2.22 bits per heavy atom. The van der Waals surface area contributed by atoms with Gasteiger partial charge in [-0.2, -0.15) is 0 Å². The second-order valence-corrected chi connectivity index (χ2v) is 5.06. The largest absolute Gasteiger partial charge is 0.504 e. The minimum absolute atomic E-state index is 0.193. The Morgan fingerprint density at radius 2 is 1.57 bits per heavy atom. The van der Waals surface area contributed by atoms with Crippen molar-refractivity contribution in [3.05, 3.63) is 35.4 Å². The van der Waals surface area contributed by atoms with Gasteiger partial charge in [-0.1, -0.05) is 6.07 Å². The van der Waals surface area contributed by atoms with Gasteiger partial charge in [0, 0.05) is 6.07 Å². The van der Waals surface area contributed by atoms with Crippen molar-refractivity contribution >= 4 is 5.78 Å².